The second kappa shape index (κ2) is 3.90. The van der Waals surface area contributed by atoms with Crippen molar-refractivity contribution in [3.8, 4) is 0 Å². The summed E-state index contributed by atoms with van der Waals surface area (Å²) in [5, 5.41) is 5.64. The third kappa shape index (κ3) is 1.59. The van der Waals surface area contributed by atoms with Gasteiger partial charge in [-0.3, -0.25) is 0 Å². The zero-order valence-electron chi connectivity index (χ0n) is 8.37. The molecule has 0 aliphatic heterocycles. The second-order valence-corrected chi connectivity index (χ2v) is 5.42. The van der Waals surface area contributed by atoms with Crippen molar-refractivity contribution in [2.75, 3.05) is 0 Å². The van der Waals surface area contributed by atoms with Crippen molar-refractivity contribution < 1.29 is 0 Å². The highest BCUT2D eigenvalue weighted by Gasteiger charge is 2.04. The van der Waals surface area contributed by atoms with Gasteiger partial charge in [0.15, 0.2) is 0 Å². The normalized spacial score (nSPS) is 11.1. The summed E-state index contributed by atoms with van der Waals surface area (Å²) < 4.78 is 1.23. The third-order valence-electron chi connectivity index (χ3n) is 2.77. The van der Waals surface area contributed by atoms with Crippen LogP contribution in [0.25, 0.3) is 21.5 Å². The van der Waals surface area contributed by atoms with E-state index in [1.54, 1.807) is 0 Å². The van der Waals surface area contributed by atoms with Crippen LogP contribution < -0.4 is 0 Å². The predicted molar refractivity (Wildman–Crippen MR) is 79.2 cm³/mol. The summed E-state index contributed by atoms with van der Waals surface area (Å²) in [6.07, 6.45) is 0. The molecule has 0 fully saturated rings. The Morgan fingerprint density at radius 1 is 0.812 bits per heavy atom. The van der Waals surface area contributed by atoms with Crippen LogP contribution in [0.2, 0.25) is 5.02 Å². The highest BCUT2D eigenvalue weighted by Crippen LogP contribution is 2.32. The summed E-state index contributed by atoms with van der Waals surface area (Å²) in [5.74, 6) is 0. The molecule has 0 aliphatic rings. The van der Waals surface area contributed by atoms with Crippen molar-refractivity contribution in [1.82, 2.24) is 0 Å². The minimum absolute atomic E-state index is 0.824. The summed E-state index contributed by atoms with van der Waals surface area (Å²) >= 11 is 8.61. The molecule has 0 bridgehead atoms. The molecule has 0 spiro atoms. The van der Waals surface area contributed by atoms with Gasteiger partial charge in [0, 0.05) is 14.0 Å². The van der Waals surface area contributed by atoms with Crippen LogP contribution in [-0.2, 0) is 0 Å². The lowest BCUT2D eigenvalue weighted by Crippen LogP contribution is -1.80. The number of halogens is 2. The van der Waals surface area contributed by atoms with Crippen molar-refractivity contribution >= 4 is 55.7 Å². The molecule has 0 nitrogen and oxygen atoms in total. The monoisotopic (exact) mass is 338 g/mol. The quantitative estimate of drug-likeness (QED) is 0.388. The van der Waals surface area contributed by atoms with E-state index in [2.05, 4.69) is 59.0 Å². The average molecular weight is 339 g/mol. The number of rotatable bonds is 0. The summed E-state index contributed by atoms with van der Waals surface area (Å²) in [7, 11) is 0. The summed E-state index contributed by atoms with van der Waals surface area (Å²) in [6.45, 7) is 0. The third-order valence-corrected chi connectivity index (χ3v) is 3.75. The molecule has 78 valence electrons. The first-order chi connectivity index (χ1) is 7.75. The molecule has 0 aromatic heterocycles. The molecular formula is C14H8ClI. The first kappa shape index (κ1) is 10.4. The van der Waals surface area contributed by atoms with Gasteiger partial charge in [-0.15, -0.1) is 0 Å². The molecule has 0 saturated heterocycles. The summed E-state index contributed by atoms with van der Waals surface area (Å²) in [5.41, 5.74) is 0. The fourth-order valence-electron chi connectivity index (χ4n) is 2.04. The summed E-state index contributed by atoms with van der Waals surface area (Å²) in [4.78, 5) is 0. The Morgan fingerprint density at radius 3 is 2.38 bits per heavy atom. The molecule has 0 atom stereocenters. The molecule has 0 heterocycles. The van der Waals surface area contributed by atoms with Gasteiger partial charge in [-0.25, -0.2) is 0 Å². The number of hydrogen-bond donors (Lipinski definition) is 0. The Morgan fingerprint density at radius 2 is 1.56 bits per heavy atom. The lowest BCUT2D eigenvalue weighted by molar-refractivity contribution is 1.72. The topological polar surface area (TPSA) is 0 Å². The van der Waals surface area contributed by atoms with Crippen LogP contribution in [0.4, 0.5) is 0 Å². The van der Waals surface area contributed by atoms with E-state index in [1.165, 1.54) is 19.7 Å². The maximum atomic E-state index is 6.29. The molecule has 2 heteroatoms. The first-order valence-electron chi connectivity index (χ1n) is 5.02. The van der Waals surface area contributed by atoms with Gasteiger partial charge >= 0.3 is 0 Å². The van der Waals surface area contributed by atoms with Gasteiger partial charge in [-0.2, -0.15) is 0 Å². The fraction of sp³-hybridized carbons (Fsp3) is 0. The maximum Gasteiger partial charge on any atom is 0.0490 e. The molecule has 0 aliphatic carbocycles. The van der Waals surface area contributed by atoms with Crippen molar-refractivity contribution in [3.05, 3.63) is 57.1 Å². The van der Waals surface area contributed by atoms with Crippen molar-refractivity contribution in [3.63, 3.8) is 0 Å². The van der Waals surface area contributed by atoms with Crippen LogP contribution in [-0.4, -0.2) is 0 Å². The lowest BCUT2D eigenvalue weighted by atomic mass is 10.0. The van der Waals surface area contributed by atoms with E-state index in [1.807, 2.05) is 12.1 Å². The Bertz CT molecular complexity index is 689. The van der Waals surface area contributed by atoms with Crippen molar-refractivity contribution in [2.24, 2.45) is 0 Å². The van der Waals surface area contributed by atoms with Crippen LogP contribution >= 0.6 is 34.2 Å². The smallest absolute Gasteiger partial charge is 0.0490 e. The van der Waals surface area contributed by atoms with Gasteiger partial charge in [0.2, 0.25) is 0 Å². The zero-order chi connectivity index (χ0) is 11.1. The molecule has 0 amide bonds. The van der Waals surface area contributed by atoms with Gasteiger partial charge < -0.3 is 0 Å². The SMILES string of the molecule is Clc1cc2cc(I)ccc2c2ccccc12. The van der Waals surface area contributed by atoms with Gasteiger partial charge in [-0.1, -0.05) is 41.9 Å². The van der Waals surface area contributed by atoms with E-state index in [9.17, 15) is 0 Å². The van der Waals surface area contributed by atoms with Gasteiger partial charge in [-0.05, 0) is 56.9 Å². The van der Waals surface area contributed by atoms with E-state index in [0.717, 1.165) is 10.4 Å². The molecular weight excluding hydrogens is 331 g/mol. The minimum atomic E-state index is 0.824. The fourth-order valence-corrected chi connectivity index (χ4v) is 2.84. The Labute approximate surface area is 112 Å². The highest BCUT2D eigenvalue weighted by atomic mass is 127. The number of hydrogen-bond acceptors (Lipinski definition) is 0. The highest BCUT2D eigenvalue weighted by molar-refractivity contribution is 14.1. The van der Waals surface area contributed by atoms with E-state index < -0.39 is 0 Å². The van der Waals surface area contributed by atoms with Crippen LogP contribution in [0.3, 0.4) is 0 Å². The maximum absolute atomic E-state index is 6.29. The van der Waals surface area contributed by atoms with E-state index in [0.29, 0.717) is 0 Å². The minimum Gasteiger partial charge on any atom is -0.0836 e. The van der Waals surface area contributed by atoms with Gasteiger partial charge in [0.25, 0.3) is 0 Å². The van der Waals surface area contributed by atoms with Gasteiger partial charge in [0.1, 0.15) is 0 Å². The predicted octanol–water partition coefficient (Wildman–Crippen LogP) is 5.25. The van der Waals surface area contributed by atoms with E-state index >= 15 is 0 Å². The van der Waals surface area contributed by atoms with Crippen LogP contribution in [0.15, 0.2) is 48.5 Å². The molecule has 3 rings (SSSR count). The molecule has 0 saturated carbocycles. The number of benzene rings is 3. The van der Waals surface area contributed by atoms with Crippen LogP contribution in [0.5, 0.6) is 0 Å². The van der Waals surface area contributed by atoms with E-state index in [4.69, 9.17) is 11.6 Å². The Hall–Kier alpha value is -0.800. The molecule has 0 radical (unpaired) electrons. The first-order valence-corrected chi connectivity index (χ1v) is 6.48. The van der Waals surface area contributed by atoms with Gasteiger partial charge in [0.05, 0.1) is 0 Å². The molecule has 3 aromatic rings. The number of fused-ring (bicyclic) bond motifs is 3. The Kier molecular flexibility index (Phi) is 2.52. The lowest BCUT2D eigenvalue weighted by Gasteiger charge is -2.06. The van der Waals surface area contributed by atoms with Crippen molar-refractivity contribution in [1.29, 1.82) is 0 Å². The molecule has 3 aromatic carbocycles. The molecule has 0 N–H and O–H groups in total. The summed E-state index contributed by atoms with van der Waals surface area (Å²) in [6, 6.07) is 16.8. The van der Waals surface area contributed by atoms with Crippen LogP contribution in [0, 0.1) is 3.57 Å². The van der Waals surface area contributed by atoms with Crippen molar-refractivity contribution in [2.45, 2.75) is 0 Å². The van der Waals surface area contributed by atoms with Crippen LogP contribution in [0.1, 0.15) is 0 Å². The second-order valence-electron chi connectivity index (χ2n) is 3.77. The van der Waals surface area contributed by atoms with E-state index in [-0.39, 0.29) is 0 Å². The molecule has 16 heavy (non-hydrogen) atoms. The zero-order valence-corrected chi connectivity index (χ0v) is 11.3. The standard InChI is InChI=1S/C14H8ClI/c15-14-8-9-7-10(16)5-6-11(9)12-3-1-2-4-13(12)14/h1-8H. The average Bonchev–Trinajstić information content (AvgIpc) is 2.29. The largest absolute Gasteiger partial charge is 0.0836 e. The molecule has 0 unspecified atom stereocenters. The Balaban J connectivity index is 2.59.